The summed E-state index contributed by atoms with van der Waals surface area (Å²) in [7, 11) is 2.56. The standard InChI is InChI=1S/C39H60O13/c1-22-12-29-18-27(41)19-35(44)50-32(24(3)40)20-30-16-26(17-34(43)48-9)23(2)39(46,52-30)36(4,5)11-10-28-13-25(15-33(42)47-8)14-31(49-28)21-38(45,51-29)37(22,6)7/h10-11,15,17,22-24,27-32,40-41,45-46H,12-14,16,18-21H2,1-9H3/b11-10+,25-15+,26-17+/t22-,23-,24+,27+,28-,29-,30-,31-,32+,38-,39+/m0/s1. The van der Waals surface area contributed by atoms with E-state index in [-0.39, 0.29) is 38.0 Å². The van der Waals surface area contributed by atoms with E-state index in [1.54, 1.807) is 32.9 Å². The van der Waals surface area contributed by atoms with Crippen LogP contribution >= 0.6 is 0 Å². The number of cyclic esters (lactones) is 1. The first kappa shape index (κ1) is 42.1. The highest BCUT2D eigenvalue weighted by Gasteiger charge is 2.56. The maximum absolute atomic E-state index is 13.2. The van der Waals surface area contributed by atoms with Crippen molar-refractivity contribution >= 4 is 17.9 Å². The van der Waals surface area contributed by atoms with Gasteiger partial charge in [-0.3, -0.25) is 4.79 Å². The molecule has 0 spiro atoms. The molecule has 4 heterocycles. The SMILES string of the molecule is COC(=O)/C=C1/C[C@H]2C[C@]3(O)O[C@H](C[C@@H](O)CC(=O)O[C@@H]([C@@H](C)O)C[C@@H]4C/C(=C\C(=O)OC)[C@H](C)[C@@](O)(O4)C(C)(C)/C=C/[C@@H](C1)O2)C[C@H](C)C3(C)C. The molecule has 4 N–H and O–H groups in total. The Labute approximate surface area is 307 Å². The Balaban J connectivity index is 1.81. The van der Waals surface area contributed by atoms with Crippen LogP contribution in [0, 0.1) is 22.7 Å². The lowest BCUT2D eigenvalue weighted by Crippen LogP contribution is -2.59. The van der Waals surface area contributed by atoms with Crippen LogP contribution < -0.4 is 0 Å². The number of hydrogen-bond donors (Lipinski definition) is 4. The lowest BCUT2D eigenvalue weighted by molar-refractivity contribution is -0.339. The molecule has 0 radical (unpaired) electrons. The third kappa shape index (κ3) is 9.34. The van der Waals surface area contributed by atoms with Crippen LogP contribution in [0.25, 0.3) is 0 Å². The number of aliphatic hydroxyl groups is 4. The van der Waals surface area contributed by atoms with Gasteiger partial charge in [-0.05, 0) is 38.5 Å². The second-order valence-electron chi connectivity index (χ2n) is 16.4. The molecule has 0 saturated carbocycles. The predicted octanol–water partition coefficient (Wildman–Crippen LogP) is 3.80. The van der Waals surface area contributed by atoms with E-state index < -0.39 is 89.0 Å². The van der Waals surface area contributed by atoms with Crippen molar-refractivity contribution in [2.75, 3.05) is 14.2 Å². The zero-order chi connectivity index (χ0) is 38.8. The normalized spacial score (nSPS) is 41.3. The van der Waals surface area contributed by atoms with Crippen molar-refractivity contribution in [2.45, 2.75) is 154 Å². The second kappa shape index (κ2) is 16.4. The van der Waals surface area contributed by atoms with Gasteiger partial charge in [0.1, 0.15) is 6.10 Å². The molecule has 0 aromatic carbocycles. The van der Waals surface area contributed by atoms with E-state index >= 15 is 0 Å². The van der Waals surface area contributed by atoms with E-state index in [1.807, 2.05) is 20.8 Å². The number of carbonyl (C=O) groups is 3. The number of esters is 3. The fourth-order valence-electron chi connectivity index (χ4n) is 8.06. The Morgan fingerprint density at radius 1 is 0.904 bits per heavy atom. The molecule has 11 atom stereocenters. The van der Waals surface area contributed by atoms with Crippen molar-refractivity contribution in [3.63, 3.8) is 0 Å². The van der Waals surface area contributed by atoms with Gasteiger partial charge in [0.05, 0.1) is 57.3 Å². The van der Waals surface area contributed by atoms with E-state index in [0.717, 1.165) is 5.57 Å². The van der Waals surface area contributed by atoms with Gasteiger partial charge in [0.25, 0.3) is 0 Å². The summed E-state index contributed by atoms with van der Waals surface area (Å²) < 4.78 is 34.9. The Bertz CT molecular complexity index is 1400. The van der Waals surface area contributed by atoms with Crippen molar-refractivity contribution in [2.24, 2.45) is 22.7 Å². The first-order chi connectivity index (χ1) is 24.1. The highest BCUT2D eigenvalue weighted by atomic mass is 16.6. The zero-order valence-corrected chi connectivity index (χ0v) is 32.1. The van der Waals surface area contributed by atoms with E-state index in [9.17, 15) is 34.8 Å². The number of fused-ring (bicyclic) bond motifs is 6. The minimum absolute atomic E-state index is 0.0205. The van der Waals surface area contributed by atoms with E-state index in [2.05, 4.69) is 0 Å². The number of carbonyl (C=O) groups excluding carboxylic acids is 3. The zero-order valence-electron chi connectivity index (χ0n) is 32.1. The summed E-state index contributed by atoms with van der Waals surface area (Å²) in [5.74, 6) is -6.21. The van der Waals surface area contributed by atoms with E-state index in [1.165, 1.54) is 33.3 Å². The van der Waals surface area contributed by atoms with Gasteiger partial charge in [-0.2, -0.15) is 0 Å². The fourth-order valence-corrected chi connectivity index (χ4v) is 8.06. The topological polar surface area (TPSA) is 188 Å². The summed E-state index contributed by atoms with van der Waals surface area (Å²) >= 11 is 0. The Kier molecular flexibility index (Phi) is 13.3. The molecule has 4 aliphatic rings. The molecule has 0 aromatic heterocycles. The molecule has 3 saturated heterocycles. The average molecular weight is 737 g/mol. The Morgan fingerprint density at radius 3 is 2.19 bits per heavy atom. The summed E-state index contributed by atoms with van der Waals surface area (Å²) in [4.78, 5) is 38.0. The van der Waals surface area contributed by atoms with Crippen molar-refractivity contribution < 1.29 is 63.2 Å². The lowest BCUT2D eigenvalue weighted by Gasteiger charge is -2.54. The molecular weight excluding hydrogens is 676 g/mol. The fraction of sp³-hybridized carbons (Fsp3) is 0.769. The van der Waals surface area contributed by atoms with Crippen molar-refractivity contribution in [1.82, 2.24) is 0 Å². The maximum atomic E-state index is 13.2. The highest BCUT2D eigenvalue weighted by molar-refractivity contribution is 5.83. The van der Waals surface area contributed by atoms with Crippen molar-refractivity contribution in [3.8, 4) is 0 Å². The van der Waals surface area contributed by atoms with Crippen LogP contribution in [-0.2, 0) is 42.8 Å². The minimum Gasteiger partial charge on any atom is -0.466 e. The monoisotopic (exact) mass is 736 g/mol. The van der Waals surface area contributed by atoms with Crippen LogP contribution in [0.3, 0.4) is 0 Å². The van der Waals surface area contributed by atoms with Crippen LogP contribution in [0.1, 0.15) is 99.8 Å². The molecule has 6 bridgehead atoms. The quantitative estimate of drug-likeness (QED) is 0.142. The summed E-state index contributed by atoms with van der Waals surface area (Å²) in [6.45, 7) is 12.7. The second-order valence-corrected chi connectivity index (χ2v) is 16.4. The molecule has 0 aromatic rings. The third-order valence-electron chi connectivity index (χ3n) is 11.9. The molecule has 0 unspecified atom stereocenters. The molecule has 0 amide bonds. The Morgan fingerprint density at radius 2 is 1.56 bits per heavy atom. The van der Waals surface area contributed by atoms with Gasteiger partial charge in [0.2, 0.25) is 0 Å². The van der Waals surface area contributed by atoms with Gasteiger partial charge >= 0.3 is 17.9 Å². The van der Waals surface area contributed by atoms with E-state index in [0.29, 0.717) is 24.8 Å². The van der Waals surface area contributed by atoms with E-state index in [4.69, 9.17) is 28.4 Å². The smallest absolute Gasteiger partial charge is 0.330 e. The minimum atomic E-state index is -1.91. The van der Waals surface area contributed by atoms with Crippen LogP contribution in [0.4, 0.5) is 0 Å². The van der Waals surface area contributed by atoms with Crippen molar-refractivity contribution in [3.05, 3.63) is 35.5 Å². The molecule has 294 valence electrons. The van der Waals surface area contributed by atoms with Crippen LogP contribution in [0.5, 0.6) is 0 Å². The first-order valence-corrected chi connectivity index (χ1v) is 18.4. The number of rotatable bonds is 3. The third-order valence-corrected chi connectivity index (χ3v) is 11.9. The maximum Gasteiger partial charge on any atom is 0.330 e. The Hall–Kier alpha value is -2.65. The summed E-state index contributed by atoms with van der Waals surface area (Å²) in [5.41, 5.74) is -0.560. The van der Waals surface area contributed by atoms with Crippen LogP contribution in [0.15, 0.2) is 35.5 Å². The van der Waals surface area contributed by atoms with Gasteiger partial charge < -0.3 is 48.8 Å². The van der Waals surface area contributed by atoms with Crippen LogP contribution in [0.2, 0.25) is 0 Å². The van der Waals surface area contributed by atoms with Crippen LogP contribution in [-0.4, -0.2) is 107 Å². The number of methoxy groups -OCH3 is 2. The van der Waals surface area contributed by atoms with Gasteiger partial charge in [-0.15, -0.1) is 0 Å². The first-order valence-electron chi connectivity index (χ1n) is 18.4. The van der Waals surface area contributed by atoms with Gasteiger partial charge in [0.15, 0.2) is 11.6 Å². The van der Waals surface area contributed by atoms with Gasteiger partial charge in [-0.1, -0.05) is 64.8 Å². The molecular formula is C39H60O13. The molecule has 13 heteroatoms. The molecule has 3 fully saturated rings. The van der Waals surface area contributed by atoms with Crippen molar-refractivity contribution in [1.29, 1.82) is 0 Å². The number of hydrogen-bond acceptors (Lipinski definition) is 13. The highest BCUT2D eigenvalue weighted by Crippen LogP contribution is 2.51. The molecule has 13 nitrogen and oxygen atoms in total. The van der Waals surface area contributed by atoms with Gasteiger partial charge in [0, 0.05) is 48.2 Å². The predicted molar refractivity (Wildman–Crippen MR) is 188 cm³/mol. The molecule has 4 rings (SSSR count). The largest absolute Gasteiger partial charge is 0.466 e. The lowest BCUT2D eigenvalue weighted by atomic mass is 9.66. The molecule has 52 heavy (non-hydrogen) atoms. The summed E-state index contributed by atoms with van der Waals surface area (Å²) in [6, 6.07) is 0. The average Bonchev–Trinajstić information content (AvgIpc) is 3.04. The molecule has 0 aliphatic carbocycles. The summed E-state index contributed by atoms with van der Waals surface area (Å²) in [5, 5.41) is 46.4. The van der Waals surface area contributed by atoms with Gasteiger partial charge in [-0.25, -0.2) is 9.59 Å². The number of aliphatic hydroxyl groups excluding tert-OH is 2. The number of ether oxygens (including phenoxy) is 6. The summed E-state index contributed by atoms with van der Waals surface area (Å²) in [6.07, 6.45) is 1.53. The molecule has 4 aliphatic heterocycles.